The zero-order valence-corrected chi connectivity index (χ0v) is 10.3. The second-order valence-corrected chi connectivity index (χ2v) is 6.61. The smallest absolute Gasteiger partial charge is 0.112 e. The average Bonchev–Trinajstić information content (AvgIpc) is 2.79. The van der Waals surface area contributed by atoms with Crippen LogP contribution in [0.1, 0.15) is 12.8 Å². The van der Waals surface area contributed by atoms with Crippen LogP contribution >= 0.6 is 34.8 Å². The second kappa shape index (κ2) is 3.48. The molecule has 0 aromatic rings. The maximum absolute atomic E-state index is 10.8. The van der Waals surface area contributed by atoms with Gasteiger partial charge in [-0.2, -0.15) is 4.91 Å². The number of nitrogens with zero attached hydrogens (tertiary/aromatic N) is 1. The maximum atomic E-state index is 10.8. The van der Waals surface area contributed by atoms with Gasteiger partial charge >= 0.3 is 0 Å². The average molecular weight is 269 g/mol. The van der Waals surface area contributed by atoms with Crippen molar-refractivity contribution in [1.82, 2.24) is 0 Å². The summed E-state index contributed by atoms with van der Waals surface area (Å²) in [7, 11) is 0. The predicted molar refractivity (Wildman–Crippen MR) is 61.7 cm³/mol. The van der Waals surface area contributed by atoms with Gasteiger partial charge in [0.1, 0.15) is 6.04 Å². The Bertz CT molecular complexity index is 300. The molecule has 3 aliphatic carbocycles. The van der Waals surface area contributed by atoms with E-state index in [4.69, 9.17) is 34.8 Å². The minimum Gasteiger partial charge on any atom is -0.150 e. The number of rotatable bonds is 1. The maximum Gasteiger partial charge on any atom is 0.112 e. The monoisotopic (exact) mass is 267 g/mol. The third kappa shape index (κ3) is 1.25. The lowest BCUT2D eigenvalue weighted by atomic mass is 9.79. The molecule has 3 aliphatic rings. The van der Waals surface area contributed by atoms with E-state index in [-0.39, 0.29) is 28.1 Å². The summed E-state index contributed by atoms with van der Waals surface area (Å²) in [6, 6.07) is -0.235. The van der Waals surface area contributed by atoms with Gasteiger partial charge in [0, 0.05) is 0 Å². The molecule has 2 bridgehead atoms. The molecule has 8 atom stereocenters. The molecule has 0 amide bonds. The highest BCUT2D eigenvalue weighted by Gasteiger charge is 2.63. The molecule has 5 heteroatoms. The highest BCUT2D eigenvalue weighted by atomic mass is 35.5. The Morgan fingerprint density at radius 1 is 0.933 bits per heavy atom. The van der Waals surface area contributed by atoms with Crippen molar-refractivity contribution < 1.29 is 0 Å². The Balaban J connectivity index is 1.92. The third-order valence-corrected chi connectivity index (χ3v) is 6.34. The third-order valence-electron chi connectivity index (χ3n) is 4.59. The fourth-order valence-corrected chi connectivity index (χ4v) is 5.42. The van der Waals surface area contributed by atoms with E-state index >= 15 is 0 Å². The van der Waals surface area contributed by atoms with Gasteiger partial charge in [-0.25, -0.2) is 0 Å². The molecule has 3 rings (SSSR count). The fourth-order valence-electron chi connectivity index (χ4n) is 4.04. The normalized spacial score (nSPS) is 62.1. The standard InChI is InChI=1S/C10H12Cl3NO/c11-6-2-3-4-1-5(7(3)9(6)13)10(14-15)8(4)12/h3-10H,1-2H2/t3-,4-,5-,6+,7+,8-,9+,10+/m1/s1. The van der Waals surface area contributed by atoms with Gasteiger partial charge in [-0.05, 0) is 36.5 Å². The Hall–Kier alpha value is 0.470. The van der Waals surface area contributed by atoms with Gasteiger partial charge in [-0.15, -0.1) is 34.8 Å². The molecule has 3 fully saturated rings. The highest BCUT2D eigenvalue weighted by molar-refractivity contribution is 6.30. The fraction of sp³-hybridized carbons (Fsp3) is 1.00. The van der Waals surface area contributed by atoms with Crippen LogP contribution in [0.4, 0.5) is 0 Å². The molecule has 0 heterocycles. The molecule has 15 heavy (non-hydrogen) atoms. The molecule has 0 saturated heterocycles. The number of hydrogen-bond acceptors (Lipinski definition) is 2. The van der Waals surface area contributed by atoms with E-state index in [1.165, 1.54) is 0 Å². The van der Waals surface area contributed by atoms with Gasteiger partial charge < -0.3 is 0 Å². The number of nitroso groups, excluding NO2 is 1. The largest absolute Gasteiger partial charge is 0.150 e. The van der Waals surface area contributed by atoms with Crippen LogP contribution in [0.25, 0.3) is 0 Å². The lowest BCUT2D eigenvalue weighted by Crippen LogP contribution is -2.38. The summed E-state index contributed by atoms with van der Waals surface area (Å²) in [5.74, 6) is 1.60. The molecular formula is C10H12Cl3NO. The Morgan fingerprint density at radius 3 is 2.33 bits per heavy atom. The molecule has 0 N–H and O–H groups in total. The van der Waals surface area contributed by atoms with E-state index in [0.29, 0.717) is 17.8 Å². The molecule has 0 aromatic carbocycles. The van der Waals surface area contributed by atoms with Gasteiger partial charge in [0.25, 0.3) is 0 Å². The zero-order chi connectivity index (χ0) is 10.7. The molecule has 0 spiro atoms. The van der Waals surface area contributed by atoms with Crippen LogP contribution in [-0.4, -0.2) is 22.2 Å². The molecule has 84 valence electrons. The van der Waals surface area contributed by atoms with Crippen molar-refractivity contribution in [3.63, 3.8) is 0 Å². The minimum absolute atomic E-state index is 0.0000772. The van der Waals surface area contributed by atoms with E-state index in [9.17, 15) is 4.91 Å². The van der Waals surface area contributed by atoms with E-state index in [0.717, 1.165) is 12.8 Å². The molecule has 0 unspecified atom stereocenters. The van der Waals surface area contributed by atoms with Crippen LogP contribution in [0, 0.1) is 28.6 Å². The van der Waals surface area contributed by atoms with Crippen molar-refractivity contribution in [3.8, 4) is 0 Å². The first-order chi connectivity index (χ1) is 7.15. The molecule has 2 nitrogen and oxygen atoms in total. The summed E-state index contributed by atoms with van der Waals surface area (Å²) in [5.41, 5.74) is 0. The lowest BCUT2D eigenvalue weighted by molar-refractivity contribution is 0.240. The molecule has 0 radical (unpaired) electrons. The van der Waals surface area contributed by atoms with E-state index in [1.54, 1.807) is 0 Å². The molecule has 0 aliphatic heterocycles. The number of alkyl halides is 3. The van der Waals surface area contributed by atoms with Crippen LogP contribution in [-0.2, 0) is 0 Å². The summed E-state index contributed by atoms with van der Waals surface area (Å²) in [6.07, 6.45) is 1.98. The summed E-state index contributed by atoms with van der Waals surface area (Å²) in [6.45, 7) is 0. The van der Waals surface area contributed by atoms with Gasteiger partial charge in [-0.1, -0.05) is 5.18 Å². The Morgan fingerprint density at radius 2 is 1.67 bits per heavy atom. The molecule has 3 saturated carbocycles. The van der Waals surface area contributed by atoms with Crippen molar-refractivity contribution >= 4 is 34.8 Å². The van der Waals surface area contributed by atoms with Crippen molar-refractivity contribution in [2.24, 2.45) is 28.8 Å². The summed E-state index contributed by atoms with van der Waals surface area (Å²) in [4.78, 5) is 10.8. The molecular weight excluding hydrogens is 256 g/mol. The van der Waals surface area contributed by atoms with Gasteiger partial charge in [0.15, 0.2) is 0 Å². The van der Waals surface area contributed by atoms with Crippen molar-refractivity contribution in [3.05, 3.63) is 4.91 Å². The minimum atomic E-state index is -0.235. The van der Waals surface area contributed by atoms with Crippen LogP contribution in [0.15, 0.2) is 5.18 Å². The van der Waals surface area contributed by atoms with Crippen LogP contribution < -0.4 is 0 Å². The van der Waals surface area contributed by atoms with E-state index in [2.05, 4.69) is 5.18 Å². The van der Waals surface area contributed by atoms with E-state index in [1.807, 2.05) is 0 Å². The second-order valence-electron chi connectivity index (χ2n) is 5.04. The first kappa shape index (κ1) is 10.6. The van der Waals surface area contributed by atoms with Gasteiger partial charge in [-0.3, -0.25) is 0 Å². The van der Waals surface area contributed by atoms with Gasteiger partial charge in [0.05, 0.1) is 16.1 Å². The van der Waals surface area contributed by atoms with E-state index < -0.39 is 0 Å². The summed E-state index contributed by atoms with van der Waals surface area (Å²) < 4.78 is 0. The van der Waals surface area contributed by atoms with Crippen LogP contribution in [0.3, 0.4) is 0 Å². The quantitative estimate of drug-likeness (QED) is 0.530. The van der Waals surface area contributed by atoms with Crippen molar-refractivity contribution in [2.75, 3.05) is 0 Å². The SMILES string of the molecule is O=N[C@@H]1[C@H](Cl)[C@@H]2C[C@@H]1[C@H]1[C@@H](Cl)[C@@H](Cl)C[C@H]21. The molecule has 0 aromatic heterocycles. The summed E-state index contributed by atoms with van der Waals surface area (Å²) in [5, 5.41) is 3.15. The first-order valence-electron chi connectivity index (χ1n) is 5.40. The number of fused-ring (bicyclic) bond motifs is 5. The Kier molecular flexibility index (Phi) is 2.46. The van der Waals surface area contributed by atoms with Crippen LogP contribution in [0.2, 0.25) is 0 Å². The predicted octanol–water partition coefficient (Wildman–Crippen LogP) is 3.23. The van der Waals surface area contributed by atoms with Crippen LogP contribution in [0.5, 0.6) is 0 Å². The first-order valence-corrected chi connectivity index (χ1v) is 6.70. The highest BCUT2D eigenvalue weighted by Crippen LogP contribution is 2.62. The lowest BCUT2D eigenvalue weighted by Gasteiger charge is -2.32. The topological polar surface area (TPSA) is 29.4 Å². The summed E-state index contributed by atoms with van der Waals surface area (Å²) >= 11 is 18.7. The van der Waals surface area contributed by atoms with Gasteiger partial charge in [0.2, 0.25) is 0 Å². The number of hydrogen-bond donors (Lipinski definition) is 0. The van der Waals surface area contributed by atoms with Crippen molar-refractivity contribution in [1.29, 1.82) is 0 Å². The zero-order valence-electron chi connectivity index (χ0n) is 8.02. The van der Waals surface area contributed by atoms with Crippen molar-refractivity contribution in [2.45, 2.75) is 35.0 Å². The number of halogens is 3. The Labute approximate surface area is 104 Å².